The fourth-order valence-electron chi connectivity index (χ4n) is 6.35. The van der Waals surface area contributed by atoms with Gasteiger partial charge in [-0.25, -0.2) is 0 Å². The van der Waals surface area contributed by atoms with Crippen LogP contribution in [0.1, 0.15) is 6.92 Å². The van der Waals surface area contributed by atoms with Crippen molar-refractivity contribution in [3.8, 4) is 45.8 Å². The van der Waals surface area contributed by atoms with Crippen LogP contribution in [0.4, 0.5) is 0 Å². The molecule has 0 bridgehead atoms. The quantitative estimate of drug-likeness (QED) is 0.0908. The molecule has 1 aromatic heterocycles. The van der Waals surface area contributed by atoms with Gasteiger partial charge in [0, 0.05) is 17.7 Å². The summed E-state index contributed by atoms with van der Waals surface area (Å²) >= 11 is 0. The lowest BCUT2D eigenvalue weighted by Crippen LogP contribution is -2.64. The number of ether oxygens (including phenoxy) is 6. The van der Waals surface area contributed by atoms with Crippen molar-refractivity contribution in [1.82, 2.24) is 0 Å². The van der Waals surface area contributed by atoms with Gasteiger partial charge in [0.15, 0.2) is 35.4 Å². The topological polar surface area (TPSA) is 369 Å². The molecule has 0 saturated carbocycles. The zero-order valence-corrected chi connectivity index (χ0v) is 28.4. The lowest BCUT2D eigenvalue weighted by molar-refractivity contribution is -0.355. The Balaban J connectivity index is 1.44. The summed E-state index contributed by atoms with van der Waals surface area (Å²) in [5.41, 5.74) is -2.03. The third-order valence-electron chi connectivity index (χ3n) is 9.50. The van der Waals surface area contributed by atoms with E-state index < -0.39 is 156 Å². The second-order valence-corrected chi connectivity index (χ2v) is 13.2. The average molecular weight is 789 g/mol. The zero-order valence-electron chi connectivity index (χ0n) is 28.4. The highest BCUT2D eigenvalue weighted by Crippen LogP contribution is 2.44. The number of hydrogen-bond acceptors (Lipinski definition) is 22. The molecule has 55 heavy (non-hydrogen) atoms. The molecule has 4 heterocycles. The lowest BCUT2D eigenvalue weighted by Gasteiger charge is -2.45. The first-order valence-electron chi connectivity index (χ1n) is 16.7. The summed E-state index contributed by atoms with van der Waals surface area (Å²) in [6, 6.07) is 3.55. The summed E-state index contributed by atoms with van der Waals surface area (Å²) in [5.74, 6) is -5.48. The highest BCUT2D eigenvalue weighted by molar-refractivity contribution is 5.88. The molecule has 304 valence electrons. The van der Waals surface area contributed by atoms with Crippen LogP contribution < -0.4 is 14.9 Å². The summed E-state index contributed by atoms with van der Waals surface area (Å²) in [7, 11) is 0. The van der Waals surface area contributed by atoms with Gasteiger partial charge in [0.05, 0.1) is 19.3 Å². The summed E-state index contributed by atoms with van der Waals surface area (Å²) < 4.78 is 39.5. The Hall–Kier alpha value is -4.11. The largest absolute Gasteiger partial charge is 0.507 e. The number of aromatic hydroxyl groups is 4. The van der Waals surface area contributed by atoms with E-state index in [-0.39, 0.29) is 11.3 Å². The van der Waals surface area contributed by atoms with E-state index in [0.29, 0.717) is 0 Å². The first-order valence-corrected chi connectivity index (χ1v) is 16.7. The summed E-state index contributed by atoms with van der Waals surface area (Å²) in [6.45, 7) is -0.327. The van der Waals surface area contributed by atoms with Crippen molar-refractivity contribution in [3.63, 3.8) is 0 Å². The Bertz CT molecular complexity index is 1880. The Morgan fingerprint density at radius 1 is 0.618 bits per heavy atom. The van der Waals surface area contributed by atoms with Gasteiger partial charge in [-0.1, -0.05) is 0 Å². The van der Waals surface area contributed by atoms with E-state index in [4.69, 9.17) is 32.8 Å². The lowest BCUT2D eigenvalue weighted by atomic mass is 9.97. The van der Waals surface area contributed by atoms with Crippen LogP contribution in [-0.4, -0.2) is 177 Å². The van der Waals surface area contributed by atoms with Gasteiger partial charge >= 0.3 is 0 Å². The maximum Gasteiger partial charge on any atom is 0.239 e. The van der Waals surface area contributed by atoms with Crippen molar-refractivity contribution in [1.29, 1.82) is 0 Å². The molecule has 3 aromatic rings. The molecular weight excluding hydrogens is 748 g/mol. The molecule has 3 aliphatic heterocycles. The number of benzene rings is 2. The monoisotopic (exact) mass is 788 g/mol. The van der Waals surface area contributed by atoms with Crippen LogP contribution in [0, 0.1) is 0 Å². The molecule has 0 unspecified atom stereocenters. The summed E-state index contributed by atoms with van der Waals surface area (Å²) in [6.07, 6.45) is -26.3. The van der Waals surface area contributed by atoms with Gasteiger partial charge in [-0.05, 0) is 19.1 Å². The Kier molecular flexibility index (Phi) is 11.6. The standard InChI is InChI=1S/C33H40O22/c1-8-18(39)25(46)30(55-32-27(48)24(45)21(42)16(7-35)53-32)33(49-8)54-29-22(43)17-11(36)4-10(50-31-26(47)23(44)20(41)15(6-34)52-31)5-14(17)51-28(29)9-2-12(37)19(40)13(38)3-9/h2-5,8,15-16,18,20-21,23-27,30-42,44-48H,6-7H2,1H3/t8-,15+,16+,18-,20-,21-,23+,24+,25+,26+,27+,30+,31-,32+,33+/m0/s1. The van der Waals surface area contributed by atoms with Crippen LogP contribution in [0.2, 0.25) is 0 Å². The Labute approximate surface area is 307 Å². The van der Waals surface area contributed by atoms with E-state index in [0.717, 1.165) is 24.3 Å². The van der Waals surface area contributed by atoms with Crippen LogP contribution in [0.5, 0.6) is 34.5 Å². The molecule has 0 radical (unpaired) electrons. The highest BCUT2D eigenvalue weighted by atomic mass is 16.8. The van der Waals surface area contributed by atoms with Crippen molar-refractivity contribution < 1.29 is 104 Å². The van der Waals surface area contributed by atoms with E-state index in [1.54, 1.807) is 0 Å². The van der Waals surface area contributed by atoms with Crippen molar-refractivity contribution in [2.24, 2.45) is 0 Å². The van der Waals surface area contributed by atoms with Crippen LogP contribution in [0.25, 0.3) is 22.3 Å². The highest BCUT2D eigenvalue weighted by Gasteiger charge is 2.51. The Morgan fingerprint density at radius 2 is 1.18 bits per heavy atom. The first-order chi connectivity index (χ1) is 26.0. The maximum atomic E-state index is 14.2. The molecule has 6 rings (SSSR count). The molecule has 14 N–H and O–H groups in total. The van der Waals surface area contributed by atoms with Crippen LogP contribution >= 0.6 is 0 Å². The number of aliphatic hydroxyl groups excluding tert-OH is 10. The SMILES string of the molecule is C[C@@H]1O[C@H](Oc2c(-c3cc(O)c(O)c(O)c3)oc3cc(O[C@H]4O[C@H](CO)[C@H](O)[C@@H](O)[C@H]4O)cc(O)c3c2=O)[C@H](O[C@H]2O[C@H](CO)[C@H](O)[C@@H](O)[C@H]2O)[C@H](O)[C@H]1O. The van der Waals surface area contributed by atoms with Gasteiger partial charge in [0.25, 0.3) is 0 Å². The third-order valence-corrected chi connectivity index (χ3v) is 9.50. The smallest absolute Gasteiger partial charge is 0.239 e. The predicted octanol–water partition coefficient (Wildman–Crippen LogP) is -4.51. The molecule has 22 nitrogen and oxygen atoms in total. The van der Waals surface area contributed by atoms with Gasteiger partial charge in [-0.15, -0.1) is 0 Å². The van der Waals surface area contributed by atoms with Crippen LogP contribution in [-0.2, 0) is 18.9 Å². The Morgan fingerprint density at radius 3 is 1.76 bits per heavy atom. The van der Waals surface area contributed by atoms with Gasteiger partial charge < -0.3 is 104 Å². The number of fused-ring (bicyclic) bond motifs is 1. The molecule has 22 heteroatoms. The van der Waals surface area contributed by atoms with E-state index in [9.17, 15) is 76.3 Å². The number of phenolic OH excluding ortho intramolecular Hbond substituents is 4. The van der Waals surface area contributed by atoms with Crippen molar-refractivity contribution in [2.45, 2.75) is 99.0 Å². The molecule has 2 aromatic carbocycles. The molecule has 0 aliphatic carbocycles. The molecule has 0 spiro atoms. The number of hydrogen-bond donors (Lipinski definition) is 14. The summed E-state index contributed by atoms with van der Waals surface area (Å²) in [5, 5.41) is 144. The predicted molar refractivity (Wildman–Crippen MR) is 175 cm³/mol. The van der Waals surface area contributed by atoms with Crippen molar-refractivity contribution in [3.05, 3.63) is 34.5 Å². The van der Waals surface area contributed by atoms with Gasteiger partial charge in [-0.2, -0.15) is 0 Å². The van der Waals surface area contributed by atoms with E-state index >= 15 is 0 Å². The molecule has 3 saturated heterocycles. The van der Waals surface area contributed by atoms with Crippen LogP contribution in [0.15, 0.2) is 33.5 Å². The minimum Gasteiger partial charge on any atom is -0.507 e. The minimum absolute atomic E-state index is 0.350. The number of aliphatic hydroxyl groups is 10. The fraction of sp³-hybridized carbons (Fsp3) is 0.545. The van der Waals surface area contributed by atoms with E-state index in [1.807, 2.05) is 0 Å². The molecule has 0 amide bonds. The summed E-state index contributed by atoms with van der Waals surface area (Å²) in [4.78, 5) is 14.2. The van der Waals surface area contributed by atoms with E-state index in [2.05, 4.69) is 0 Å². The normalized spacial score (nSPS) is 36.8. The van der Waals surface area contributed by atoms with Crippen LogP contribution in [0.3, 0.4) is 0 Å². The molecule has 15 atom stereocenters. The molecule has 3 aliphatic rings. The number of rotatable bonds is 9. The van der Waals surface area contributed by atoms with Gasteiger partial charge in [0.1, 0.15) is 83.5 Å². The maximum absolute atomic E-state index is 14.2. The third kappa shape index (κ3) is 7.45. The van der Waals surface area contributed by atoms with Crippen molar-refractivity contribution in [2.75, 3.05) is 13.2 Å². The fourth-order valence-corrected chi connectivity index (χ4v) is 6.35. The zero-order chi connectivity index (χ0) is 40.2. The second kappa shape index (κ2) is 15.8. The van der Waals surface area contributed by atoms with E-state index in [1.165, 1.54) is 6.92 Å². The molecule has 3 fully saturated rings. The molecular formula is C33H40O22. The van der Waals surface area contributed by atoms with Crippen molar-refractivity contribution >= 4 is 11.0 Å². The minimum atomic E-state index is -2.00. The van der Waals surface area contributed by atoms with Gasteiger partial charge in [0.2, 0.25) is 23.8 Å². The second-order valence-electron chi connectivity index (χ2n) is 13.2. The average Bonchev–Trinajstić information content (AvgIpc) is 3.15. The first kappa shape index (κ1) is 40.6. The number of phenols is 4. The van der Waals surface area contributed by atoms with Gasteiger partial charge in [-0.3, -0.25) is 4.79 Å².